The Morgan fingerprint density at radius 2 is 1.73 bits per heavy atom. The second-order valence-electron chi connectivity index (χ2n) is 5.82. The van der Waals surface area contributed by atoms with Crippen molar-refractivity contribution < 1.29 is 21.6 Å². The summed E-state index contributed by atoms with van der Waals surface area (Å²) in [7, 11) is -2.56. The Bertz CT molecular complexity index is 1140. The summed E-state index contributed by atoms with van der Waals surface area (Å²) < 4.78 is 58.4. The van der Waals surface area contributed by atoms with Crippen molar-refractivity contribution >= 4 is 21.0 Å². The van der Waals surface area contributed by atoms with Crippen LogP contribution >= 0.6 is 0 Å². The average Bonchev–Trinajstić information content (AvgIpc) is 2.62. The van der Waals surface area contributed by atoms with Crippen LogP contribution in [0.4, 0.5) is 8.78 Å². The lowest BCUT2D eigenvalue weighted by atomic mass is 10.1. The molecule has 26 heavy (non-hydrogen) atoms. The molecule has 0 aliphatic carbocycles. The molecule has 1 unspecified atom stereocenters. The molecular weight excluding hydrogens is 364 g/mol. The third-order valence-corrected chi connectivity index (χ3v) is 6.16. The van der Waals surface area contributed by atoms with Crippen molar-refractivity contribution in [2.45, 2.75) is 17.9 Å². The van der Waals surface area contributed by atoms with Gasteiger partial charge in [-0.25, -0.2) is 22.0 Å². The second kappa shape index (κ2) is 6.62. The number of nitrogens with zero attached hydrogens (tertiary/aromatic N) is 1. The Morgan fingerprint density at radius 1 is 1.00 bits per heavy atom. The Labute approximate surface area is 148 Å². The molecule has 0 bridgehead atoms. The van der Waals surface area contributed by atoms with E-state index in [1.807, 2.05) is 0 Å². The highest BCUT2D eigenvalue weighted by atomic mass is 32.2. The molecule has 0 amide bonds. The minimum atomic E-state index is -3.91. The SMILES string of the molecule is CC(c1ccc(F)c(F)c1)N(C)S(=O)(=O)c1ccc2oc(=O)ccc2c1. The Balaban J connectivity index is 1.99. The van der Waals surface area contributed by atoms with E-state index in [1.165, 1.54) is 43.4 Å². The molecule has 0 fully saturated rings. The first kappa shape index (κ1) is 18.2. The van der Waals surface area contributed by atoms with Gasteiger partial charge in [-0.1, -0.05) is 6.07 Å². The fourth-order valence-electron chi connectivity index (χ4n) is 2.57. The topological polar surface area (TPSA) is 67.6 Å². The van der Waals surface area contributed by atoms with Gasteiger partial charge in [0.05, 0.1) is 4.90 Å². The molecule has 136 valence electrons. The summed E-state index contributed by atoms with van der Waals surface area (Å²) in [4.78, 5) is 11.2. The van der Waals surface area contributed by atoms with Crippen molar-refractivity contribution in [1.82, 2.24) is 4.31 Å². The van der Waals surface area contributed by atoms with E-state index < -0.39 is 33.3 Å². The second-order valence-corrected chi connectivity index (χ2v) is 7.82. The number of halogens is 2. The van der Waals surface area contributed by atoms with E-state index in [4.69, 9.17) is 4.42 Å². The van der Waals surface area contributed by atoms with E-state index in [0.717, 1.165) is 16.4 Å². The van der Waals surface area contributed by atoms with Crippen LogP contribution in [0.3, 0.4) is 0 Å². The molecule has 3 rings (SSSR count). The minimum absolute atomic E-state index is 0.00391. The molecule has 0 N–H and O–H groups in total. The van der Waals surface area contributed by atoms with Crippen LogP contribution in [-0.2, 0) is 10.0 Å². The number of benzene rings is 2. The smallest absolute Gasteiger partial charge is 0.336 e. The number of rotatable bonds is 4. The zero-order chi connectivity index (χ0) is 19.1. The molecule has 0 aliphatic rings. The van der Waals surface area contributed by atoms with Crippen LogP contribution in [0.25, 0.3) is 11.0 Å². The van der Waals surface area contributed by atoms with Crippen LogP contribution in [0.2, 0.25) is 0 Å². The van der Waals surface area contributed by atoms with Crippen LogP contribution in [0.5, 0.6) is 0 Å². The van der Waals surface area contributed by atoms with Crippen LogP contribution in [-0.4, -0.2) is 19.8 Å². The standard InChI is InChI=1S/C18H15F2NO4S/c1-11(12-3-6-15(19)16(20)10-12)21(2)26(23,24)14-5-7-17-13(9-14)4-8-18(22)25-17/h3-11H,1-2H3. The highest BCUT2D eigenvalue weighted by molar-refractivity contribution is 7.89. The van der Waals surface area contributed by atoms with Crippen molar-refractivity contribution in [2.24, 2.45) is 0 Å². The van der Waals surface area contributed by atoms with Crippen molar-refractivity contribution in [3.8, 4) is 0 Å². The van der Waals surface area contributed by atoms with Crippen molar-refractivity contribution in [2.75, 3.05) is 7.05 Å². The molecule has 0 saturated carbocycles. The van der Waals surface area contributed by atoms with Crippen molar-refractivity contribution in [3.05, 3.63) is 76.1 Å². The van der Waals surface area contributed by atoms with Gasteiger partial charge in [0.2, 0.25) is 10.0 Å². The Morgan fingerprint density at radius 3 is 2.42 bits per heavy atom. The predicted molar refractivity (Wildman–Crippen MR) is 92.2 cm³/mol. The number of fused-ring (bicyclic) bond motifs is 1. The van der Waals surface area contributed by atoms with E-state index >= 15 is 0 Å². The van der Waals surface area contributed by atoms with Gasteiger partial charge in [0.15, 0.2) is 11.6 Å². The highest BCUT2D eigenvalue weighted by Crippen LogP contribution is 2.28. The molecule has 1 heterocycles. The molecule has 0 aliphatic heterocycles. The van der Waals surface area contributed by atoms with Gasteiger partial charge in [-0.3, -0.25) is 0 Å². The third kappa shape index (κ3) is 3.25. The predicted octanol–water partition coefficient (Wildman–Crippen LogP) is 3.45. The van der Waals surface area contributed by atoms with Crippen LogP contribution in [0.15, 0.2) is 62.6 Å². The van der Waals surface area contributed by atoms with Gasteiger partial charge in [0, 0.05) is 24.5 Å². The van der Waals surface area contributed by atoms with E-state index in [2.05, 4.69) is 0 Å². The highest BCUT2D eigenvalue weighted by Gasteiger charge is 2.27. The van der Waals surface area contributed by atoms with Gasteiger partial charge in [-0.05, 0) is 48.9 Å². The maximum atomic E-state index is 13.5. The molecule has 1 aromatic heterocycles. The summed E-state index contributed by atoms with van der Waals surface area (Å²) in [5.41, 5.74) is 0.0618. The van der Waals surface area contributed by atoms with Gasteiger partial charge in [-0.15, -0.1) is 0 Å². The summed E-state index contributed by atoms with van der Waals surface area (Å²) in [5.74, 6) is -2.04. The zero-order valence-electron chi connectivity index (χ0n) is 13.9. The molecule has 2 aromatic carbocycles. The molecule has 3 aromatic rings. The Kier molecular flexibility index (Phi) is 4.64. The molecule has 0 radical (unpaired) electrons. The van der Waals surface area contributed by atoms with Crippen molar-refractivity contribution in [1.29, 1.82) is 0 Å². The lowest BCUT2D eigenvalue weighted by Crippen LogP contribution is -2.30. The number of hydrogen-bond donors (Lipinski definition) is 0. The molecule has 5 nitrogen and oxygen atoms in total. The molecule has 0 spiro atoms. The zero-order valence-corrected chi connectivity index (χ0v) is 14.8. The first-order valence-electron chi connectivity index (χ1n) is 7.67. The van der Waals surface area contributed by atoms with Gasteiger partial charge in [0.25, 0.3) is 0 Å². The average molecular weight is 379 g/mol. The third-order valence-electron chi connectivity index (χ3n) is 4.24. The van der Waals surface area contributed by atoms with Gasteiger partial charge in [-0.2, -0.15) is 4.31 Å². The summed E-state index contributed by atoms with van der Waals surface area (Å²) in [5, 5.41) is 0.458. The summed E-state index contributed by atoms with van der Waals surface area (Å²) in [6, 6.07) is 9.34. The number of sulfonamides is 1. The quantitative estimate of drug-likeness (QED) is 0.651. The summed E-state index contributed by atoms with van der Waals surface area (Å²) in [6.45, 7) is 1.57. The monoisotopic (exact) mass is 379 g/mol. The lowest BCUT2D eigenvalue weighted by Gasteiger charge is -2.25. The summed E-state index contributed by atoms with van der Waals surface area (Å²) >= 11 is 0. The maximum absolute atomic E-state index is 13.5. The minimum Gasteiger partial charge on any atom is -0.423 e. The molecule has 8 heteroatoms. The first-order chi connectivity index (χ1) is 12.2. The van der Waals surface area contributed by atoms with Crippen LogP contribution < -0.4 is 5.63 Å². The molecule has 1 atom stereocenters. The normalized spacial score (nSPS) is 13.3. The van der Waals surface area contributed by atoms with E-state index in [-0.39, 0.29) is 10.5 Å². The van der Waals surface area contributed by atoms with E-state index in [1.54, 1.807) is 6.92 Å². The first-order valence-corrected chi connectivity index (χ1v) is 9.11. The lowest BCUT2D eigenvalue weighted by molar-refractivity contribution is 0.395. The van der Waals surface area contributed by atoms with Crippen LogP contribution in [0, 0.1) is 11.6 Å². The Hall–Kier alpha value is -2.58. The van der Waals surface area contributed by atoms with Crippen LogP contribution in [0.1, 0.15) is 18.5 Å². The van der Waals surface area contributed by atoms with Gasteiger partial charge in [0.1, 0.15) is 5.58 Å². The van der Waals surface area contributed by atoms with Crippen molar-refractivity contribution in [3.63, 3.8) is 0 Å². The van der Waals surface area contributed by atoms with Gasteiger partial charge < -0.3 is 4.42 Å². The maximum Gasteiger partial charge on any atom is 0.336 e. The molecule has 0 saturated heterocycles. The molecular formula is C18H15F2NO4S. The van der Waals surface area contributed by atoms with E-state index in [9.17, 15) is 22.0 Å². The fraction of sp³-hybridized carbons (Fsp3) is 0.167. The largest absolute Gasteiger partial charge is 0.423 e. The van der Waals surface area contributed by atoms with Gasteiger partial charge >= 0.3 is 5.63 Å². The fourth-order valence-corrected chi connectivity index (χ4v) is 3.95. The number of hydrogen-bond acceptors (Lipinski definition) is 4. The summed E-state index contributed by atoms with van der Waals surface area (Å²) in [6.07, 6.45) is 0. The van der Waals surface area contributed by atoms with E-state index in [0.29, 0.717) is 10.9 Å².